The third kappa shape index (κ3) is 1.89. The number of hydrogen-bond acceptors (Lipinski definition) is 5. The van der Waals surface area contributed by atoms with Crippen molar-refractivity contribution in [2.24, 2.45) is 0 Å². The van der Waals surface area contributed by atoms with E-state index in [0.29, 0.717) is 19.0 Å². The van der Waals surface area contributed by atoms with Gasteiger partial charge in [0, 0.05) is 12.2 Å². The van der Waals surface area contributed by atoms with E-state index in [1.165, 1.54) is 6.08 Å². The van der Waals surface area contributed by atoms with Gasteiger partial charge in [0.25, 0.3) is 5.89 Å². The Morgan fingerprint density at radius 1 is 1.60 bits per heavy atom. The molecule has 1 N–H and O–H groups in total. The van der Waals surface area contributed by atoms with Crippen LogP contribution in [0.1, 0.15) is 18.6 Å². The normalized spacial score (nSPS) is 19.0. The molecule has 15 heavy (non-hydrogen) atoms. The monoisotopic (exact) mass is 210 g/mol. The second-order valence-corrected chi connectivity index (χ2v) is 3.68. The summed E-state index contributed by atoms with van der Waals surface area (Å²) in [7, 11) is 0. The SMILES string of the molecule is CC1(c2noc(/C=C/C(=O)O)n2)COC1. The summed E-state index contributed by atoms with van der Waals surface area (Å²) in [5.74, 6) is -0.299. The molecule has 0 unspecified atom stereocenters. The van der Waals surface area contributed by atoms with Crippen molar-refractivity contribution in [2.75, 3.05) is 13.2 Å². The van der Waals surface area contributed by atoms with Crippen LogP contribution in [-0.2, 0) is 14.9 Å². The smallest absolute Gasteiger partial charge is 0.328 e. The lowest BCUT2D eigenvalue weighted by Gasteiger charge is -2.34. The van der Waals surface area contributed by atoms with Crippen molar-refractivity contribution in [1.29, 1.82) is 0 Å². The van der Waals surface area contributed by atoms with Gasteiger partial charge < -0.3 is 14.4 Å². The van der Waals surface area contributed by atoms with Crippen LogP contribution in [0.25, 0.3) is 6.08 Å². The number of carboxylic acid groups (broad SMARTS) is 1. The number of ether oxygens (including phenoxy) is 1. The van der Waals surface area contributed by atoms with Crippen molar-refractivity contribution in [3.63, 3.8) is 0 Å². The molecule has 6 heteroatoms. The lowest BCUT2D eigenvalue weighted by Crippen LogP contribution is -2.44. The van der Waals surface area contributed by atoms with Gasteiger partial charge in [-0.2, -0.15) is 4.98 Å². The zero-order valence-electron chi connectivity index (χ0n) is 8.14. The van der Waals surface area contributed by atoms with E-state index >= 15 is 0 Å². The van der Waals surface area contributed by atoms with Gasteiger partial charge in [0.1, 0.15) is 0 Å². The van der Waals surface area contributed by atoms with Gasteiger partial charge in [-0.25, -0.2) is 4.79 Å². The Kier molecular flexibility index (Phi) is 2.28. The Morgan fingerprint density at radius 2 is 2.33 bits per heavy atom. The Hall–Kier alpha value is -1.69. The second kappa shape index (κ2) is 3.47. The summed E-state index contributed by atoms with van der Waals surface area (Å²) >= 11 is 0. The van der Waals surface area contributed by atoms with E-state index in [0.717, 1.165) is 6.08 Å². The Labute approximate surface area is 85.5 Å². The summed E-state index contributed by atoms with van der Waals surface area (Å²) in [4.78, 5) is 14.3. The molecule has 6 nitrogen and oxygen atoms in total. The van der Waals surface area contributed by atoms with Crippen LogP contribution in [0.3, 0.4) is 0 Å². The van der Waals surface area contributed by atoms with Gasteiger partial charge in [0.15, 0.2) is 5.82 Å². The molecule has 1 aromatic heterocycles. The van der Waals surface area contributed by atoms with Crippen molar-refractivity contribution in [2.45, 2.75) is 12.3 Å². The predicted molar refractivity (Wildman–Crippen MR) is 49.1 cm³/mol. The van der Waals surface area contributed by atoms with E-state index < -0.39 is 5.97 Å². The molecule has 1 fully saturated rings. The largest absolute Gasteiger partial charge is 0.478 e. The fourth-order valence-electron chi connectivity index (χ4n) is 1.23. The fourth-order valence-corrected chi connectivity index (χ4v) is 1.23. The third-order valence-electron chi connectivity index (χ3n) is 2.19. The molecule has 1 aromatic rings. The van der Waals surface area contributed by atoms with E-state index in [2.05, 4.69) is 10.1 Å². The van der Waals surface area contributed by atoms with Crippen molar-refractivity contribution in [3.8, 4) is 0 Å². The van der Waals surface area contributed by atoms with Crippen LogP contribution in [0, 0.1) is 0 Å². The minimum atomic E-state index is -1.05. The van der Waals surface area contributed by atoms with Gasteiger partial charge in [0.05, 0.1) is 18.6 Å². The standard InChI is InChI=1S/C9H10N2O4/c1-9(4-14-5-9)8-10-6(15-11-8)2-3-7(12)13/h2-3H,4-5H2,1H3,(H,12,13)/b3-2+. The Balaban J connectivity index is 2.13. The number of nitrogens with zero attached hydrogens (tertiary/aromatic N) is 2. The van der Waals surface area contributed by atoms with Gasteiger partial charge in [-0.3, -0.25) is 0 Å². The van der Waals surface area contributed by atoms with Crippen LogP contribution in [0.2, 0.25) is 0 Å². The molecular weight excluding hydrogens is 200 g/mol. The molecule has 0 bridgehead atoms. The summed E-state index contributed by atoms with van der Waals surface area (Å²) in [6, 6.07) is 0. The molecule has 0 aliphatic carbocycles. The first-order valence-electron chi connectivity index (χ1n) is 4.43. The van der Waals surface area contributed by atoms with Crippen LogP contribution in [0.5, 0.6) is 0 Å². The molecule has 0 saturated carbocycles. The number of rotatable bonds is 3. The van der Waals surface area contributed by atoms with Crippen molar-refractivity contribution in [3.05, 3.63) is 17.8 Å². The highest BCUT2D eigenvalue weighted by atomic mass is 16.5. The molecule has 0 aromatic carbocycles. The van der Waals surface area contributed by atoms with Gasteiger partial charge in [-0.15, -0.1) is 0 Å². The van der Waals surface area contributed by atoms with Gasteiger partial charge in [-0.05, 0) is 6.92 Å². The molecule has 0 spiro atoms. The number of carboxylic acids is 1. The first-order valence-corrected chi connectivity index (χ1v) is 4.43. The molecule has 1 aliphatic heterocycles. The molecule has 80 valence electrons. The zero-order valence-corrected chi connectivity index (χ0v) is 8.14. The van der Waals surface area contributed by atoms with E-state index in [-0.39, 0.29) is 11.3 Å². The first-order chi connectivity index (χ1) is 7.10. The van der Waals surface area contributed by atoms with E-state index in [1.807, 2.05) is 6.92 Å². The first kappa shape index (κ1) is 9.85. The molecule has 1 aliphatic rings. The molecule has 0 atom stereocenters. The third-order valence-corrected chi connectivity index (χ3v) is 2.19. The molecule has 0 amide bonds. The Bertz CT molecular complexity index is 406. The minimum Gasteiger partial charge on any atom is -0.478 e. The maximum absolute atomic E-state index is 10.2. The van der Waals surface area contributed by atoms with E-state index in [1.54, 1.807) is 0 Å². The summed E-state index contributed by atoms with van der Waals surface area (Å²) in [6.07, 6.45) is 2.22. The van der Waals surface area contributed by atoms with Gasteiger partial charge in [-0.1, -0.05) is 5.16 Å². The van der Waals surface area contributed by atoms with Crippen LogP contribution < -0.4 is 0 Å². The molecular formula is C9H10N2O4. The Morgan fingerprint density at radius 3 is 2.87 bits per heavy atom. The summed E-state index contributed by atoms with van der Waals surface area (Å²) in [5, 5.41) is 12.2. The summed E-state index contributed by atoms with van der Waals surface area (Å²) in [5.41, 5.74) is -0.196. The van der Waals surface area contributed by atoms with Crippen LogP contribution in [0.15, 0.2) is 10.6 Å². The topological polar surface area (TPSA) is 85.5 Å². The number of carbonyl (C=O) groups is 1. The summed E-state index contributed by atoms with van der Waals surface area (Å²) in [6.45, 7) is 3.09. The lowest BCUT2D eigenvalue weighted by atomic mass is 9.88. The van der Waals surface area contributed by atoms with Crippen LogP contribution in [-0.4, -0.2) is 34.4 Å². The lowest BCUT2D eigenvalue weighted by molar-refractivity contribution is -0.131. The summed E-state index contributed by atoms with van der Waals surface area (Å²) < 4.78 is 9.94. The number of aromatic nitrogens is 2. The number of hydrogen-bond donors (Lipinski definition) is 1. The molecule has 2 rings (SSSR count). The fraction of sp³-hybridized carbons (Fsp3) is 0.444. The highest BCUT2D eigenvalue weighted by molar-refractivity contribution is 5.84. The zero-order chi connectivity index (χ0) is 10.9. The number of aliphatic carboxylic acids is 1. The van der Waals surface area contributed by atoms with E-state index in [4.69, 9.17) is 14.4 Å². The predicted octanol–water partition coefficient (Wildman–Crippen LogP) is 0.455. The van der Waals surface area contributed by atoms with Gasteiger partial charge >= 0.3 is 5.97 Å². The quantitative estimate of drug-likeness (QED) is 0.729. The van der Waals surface area contributed by atoms with Gasteiger partial charge in [0.2, 0.25) is 0 Å². The average molecular weight is 210 g/mol. The maximum Gasteiger partial charge on any atom is 0.328 e. The molecule has 1 saturated heterocycles. The molecule has 2 heterocycles. The van der Waals surface area contributed by atoms with Crippen LogP contribution >= 0.6 is 0 Å². The highest BCUT2D eigenvalue weighted by Crippen LogP contribution is 2.29. The minimum absolute atomic E-state index is 0.195. The second-order valence-electron chi connectivity index (χ2n) is 3.68. The maximum atomic E-state index is 10.2. The highest BCUT2D eigenvalue weighted by Gasteiger charge is 2.39. The van der Waals surface area contributed by atoms with Crippen molar-refractivity contribution >= 4 is 12.0 Å². The van der Waals surface area contributed by atoms with Crippen molar-refractivity contribution < 1.29 is 19.2 Å². The van der Waals surface area contributed by atoms with Crippen molar-refractivity contribution in [1.82, 2.24) is 10.1 Å². The van der Waals surface area contributed by atoms with Crippen LogP contribution in [0.4, 0.5) is 0 Å². The van der Waals surface area contributed by atoms with E-state index in [9.17, 15) is 4.79 Å². The average Bonchev–Trinajstić information content (AvgIpc) is 2.59. The molecule has 0 radical (unpaired) electrons.